The van der Waals surface area contributed by atoms with Crippen molar-refractivity contribution in [3.05, 3.63) is 44.7 Å². The van der Waals surface area contributed by atoms with Crippen LogP contribution < -0.4 is 27.5 Å². The lowest BCUT2D eigenvalue weighted by molar-refractivity contribution is -0.0501. The van der Waals surface area contributed by atoms with Crippen LogP contribution in [0.5, 0.6) is 0 Å². The Kier molecular flexibility index (Phi) is 10.1. The molecule has 3 aromatic rings. The van der Waals surface area contributed by atoms with E-state index in [-0.39, 0.29) is 39.9 Å². The number of nitrogens with one attached hydrogen (secondary N) is 2. The summed E-state index contributed by atoms with van der Waals surface area (Å²) in [6, 6.07) is 1.32. The second kappa shape index (κ2) is 13.7. The molecular formula is C23H30N8O18P3+. The van der Waals surface area contributed by atoms with Gasteiger partial charge in [-0.2, -0.15) is 13.6 Å². The van der Waals surface area contributed by atoms with E-state index >= 15 is 0 Å². The number of aromatic amines is 2. The van der Waals surface area contributed by atoms with Gasteiger partial charge in [0, 0.05) is 6.20 Å². The van der Waals surface area contributed by atoms with Crippen LogP contribution in [0, 0.1) is 6.20 Å². The molecule has 2 saturated heterocycles. The van der Waals surface area contributed by atoms with Gasteiger partial charge >= 0.3 is 34.8 Å². The molecule has 0 amide bonds. The number of phosphoric acid groups is 3. The highest BCUT2D eigenvalue weighted by Gasteiger charge is 2.53. The minimum atomic E-state index is -6.00. The van der Waals surface area contributed by atoms with Crippen molar-refractivity contribution in [1.29, 1.82) is 0 Å². The molecule has 3 aromatic heterocycles. The number of H-pyrrole nitrogens is 2. The van der Waals surface area contributed by atoms with Gasteiger partial charge < -0.3 is 60.6 Å². The van der Waals surface area contributed by atoms with Gasteiger partial charge in [-0.05, 0) is 13.0 Å². The highest BCUT2D eigenvalue weighted by molar-refractivity contribution is 7.66. The van der Waals surface area contributed by atoms with Crippen LogP contribution in [0.2, 0.25) is 0 Å². The lowest BCUT2D eigenvalue weighted by Gasteiger charge is -2.21. The summed E-state index contributed by atoms with van der Waals surface area (Å²) in [4.78, 5) is 68.0. The maximum absolute atomic E-state index is 12.5. The molecule has 0 spiro atoms. The first-order valence-corrected chi connectivity index (χ1v) is 19.0. The lowest BCUT2D eigenvalue weighted by atomic mass is 10.1. The maximum atomic E-state index is 12.5. The molecule has 29 heteroatoms. The Hall–Kier alpha value is -3.48. The first-order chi connectivity index (χ1) is 24.2. The summed E-state index contributed by atoms with van der Waals surface area (Å²) in [6.07, 6.45) is -9.22. The minimum Gasteiger partial charge on any atom is -0.387 e. The number of nitrogen functional groups attached to an aromatic ring is 2. The molecule has 13 N–H and O–H groups in total. The van der Waals surface area contributed by atoms with Crippen molar-refractivity contribution >= 4 is 57.8 Å². The van der Waals surface area contributed by atoms with E-state index in [9.17, 15) is 58.4 Å². The number of hydrogen-bond donors (Lipinski definition) is 11. The first kappa shape index (κ1) is 38.3. The summed E-state index contributed by atoms with van der Waals surface area (Å²) in [7, 11) is -17.4. The smallest absolute Gasteiger partial charge is 0.387 e. The molecule has 284 valence electrons. The SMILES string of the molecule is CC1=[C+]N([C@@H]2O[C@H](COP(=O)(O)OP(=O)(O)OP(=O)(O)OC[C@H]3O[C@@H](n4ccc5c(=O)[nH]c(N)nc54)C(O)[C@H]3O)C(O)C2O)c2nc(N)[nH]c(=O)c21. The number of ether oxygens (including phenoxy) is 2. The van der Waals surface area contributed by atoms with Gasteiger partial charge in [0.25, 0.3) is 5.56 Å². The van der Waals surface area contributed by atoms with Gasteiger partial charge in [0.1, 0.15) is 42.8 Å². The van der Waals surface area contributed by atoms with Crippen LogP contribution in [0.4, 0.5) is 17.7 Å². The molecule has 0 aromatic carbocycles. The molecule has 52 heavy (non-hydrogen) atoms. The summed E-state index contributed by atoms with van der Waals surface area (Å²) in [5, 5.41) is 42.1. The largest absolute Gasteiger partial charge is 0.490 e. The van der Waals surface area contributed by atoms with Crippen LogP contribution in [0.1, 0.15) is 18.7 Å². The van der Waals surface area contributed by atoms with E-state index in [0.717, 1.165) is 9.47 Å². The van der Waals surface area contributed by atoms with Gasteiger partial charge in [0.2, 0.25) is 17.5 Å². The van der Waals surface area contributed by atoms with Crippen molar-refractivity contribution in [2.24, 2.45) is 0 Å². The van der Waals surface area contributed by atoms with Gasteiger partial charge in [0.15, 0.2) is 23.7 Å². The summed E-state index contributed by atoms with van der Waals surface area (Å²) < 4.78 is 66.8. The normalized spacial score (nSPS) is 30.8. The van der Waals surface area contributed by atoms with E-state index in [1.807, 2.05) is 0 Å². The Morgan fingerprint density at radius 1 is 0.827 bits per heavy atom. The monoisotopic (exact) mass is 799 g/mol. The summed E-state index contributed by atoms with van der Waals surface area (Å²) >= 11 is 0. The zero-order valence-corrected chi connectivity index (χ0v) is 28.8. The third-order valence-electron chi connectivity index (χ3n) is 7.83. The number of phosphoric ester groups is 2. The third kappa shape index (κ3) is 7.48. The summed E-state index contributed by atoms with van der Waals surface area (Å²) in [5.41, 5.74) is 10.2. The molecule has 6 unspecified atom stereocenters. The predicted octanol–water partition coefficient (Wildman–Crippen LogP) is -2.91. The summed E-state index contributed by atoms with van der Waals surface area (Å²) in [6.45, 7) is -0.666. The fourth-order valence-electron chi connectivity index (χ4n) is 5.56. The van der Waals surface area contributed by atoms with Crippen molar-refractivity contribution in [1.82, 2.24) is 24.5 Å². The molecule has 0 saturated carbocycles. The number of aliphatic hydroxyl groups excluding tert-OH is 4. The van der Waals surface area contributed by atoms with Crippen molar-refractivity contribution in [2.75, 3.05) is 29.6 Å². The van der Waals surface area contributed by atoms with Crippen LogP contribution in [0.3, 0.4) is 0 Å². The Morgan fingerprint density at radius 2 is 1.35 bits per heavy atom. The summed E-state index contributed by atoms with van der Waals surface area (Å²) in [5.74, 6) is -0.636. The Balaban J connectivity index is 1.03. The number of aliphatic hydroxyl groups is 4. The van der Waals surface area contributed by atoms with Crippen molar-refractivity contribution in [3.63, 3.8) is 0 Å². The van der Waals surface area contributed by atoms with Crippen LogP contribution in [0.25, 0.3) is 16.6 Å². The van der Waals surface area contributed by atoms with E-state index in [0.29, 0.717) is 0 Å². The first-order valence-electron chi connectivity index (χ1n) is 14.6. The van der Waals surface area contributed by atoms with Crippen molar-refractivity contribution in [3.8, 4) is 0 Å². The minimum absolute atomic E-state index is 0.0399. The predicted molar refractivity (Wildman–Crippen MR) is 169 cm³/mol. The van der Waals surface area contributed by atoms with Gasteiger partial charge in [-0.3, -0.25) is 28.6 Å². The molecule has 3 aliphatic heterocycles. The van der Waals surface area contributed by atoms with Gasteiger partial charge in [-0.25, -0.2) is 13.7 Å². The zero-order valence-electron chi connectivity index (χ0n) is 26.1. The number of nitrogens with zero attached hydrogens (tertiary/aromatic N) is 4. The number of allylic oxidation sites excluding steroid dienone is 1. The van der Waals surface area contributed by atoms with Crippen LogP contribution >= 0.6 is 23.5 Å². The molecule has 26 nitrogen and oxygen atoms in total. The number of hydrogen-bond acceptors (Lipinski definition) is 20. The van der Waals surface area contributed by atoms with Gasteiger partial charge in [0.05, 0.1) is 18.6 Å². The second-order valence-corrected chi connectivity index (χ2v) is 16.1. The van der Waals surface area contributed by atoms with E-state index in [1.165, 1.54) is 19.2 Å². The highest BCUT2D eigenvalue weighted by Crippen LogP contribution is 2.67. The molecule has 11 atom stereocenters. The Morgan fingerprint density at radius 3 is 1.94 bits per heavy atom. The molecule has 0 radical (unpaired) electrons. The third-order valence-corrected chi connectivity index (χ3v) is 12.1. The number of aromatic nitrogens is 5. The zero-order chi connectivity index (χ0) is 38.1. The fourth-order valence-corrected chi connectivity index (χ4v) is 9.09. The lowest BCUT2D eigenvalue weighted by Crippen LogP contribution is -2.42. The molecule has 3 aliphatic rings. The van der Waals surface area contributed by atoms with E-state index in [1.54, 1.807) is 0 Å². The van der Waals surface area contributed by atoms with E-state index in [4.69, 9.17) is 20.9 Å². The molecule has 6 rings (SSSR count). The van der Waals surface area contributed by atoms with Crippen LogP contribution in [0.15, 0.2) is 21.9 Å². The van der Waals surface area contributed by atoms with E-state index in [2.05, 4.69) is 43.8 Å². The standard InChI is InChI=1S/C23H29N8O18P3/c1-7-4-31(17-11(7)19(37)29-23(25)27-17)21-15(35)13(33)10(47-21)6-45-51(40,41)49-52(42,43)48-50(38,39)44-5-9-12(32)14(34)20(46-9)30-3-2-8-16(30)26-22(24)28-18(8)36/h2-3,9-10,12-15,20-21,32-35H,5-6H2,1H3,(H8-,24,25,26,27,28,29,36,37,38,39,40,41,42,43)/p+1/t9-,10-,12+,13?,14?,15?,20-,21-/m1/s1. The Bertz CT molecular complexity index is 2180. The Labute approximate surface area is 288 Å². The topological polar surface area (TPSA) is 400 Å². The average Bonchev–Trinajstić information content (AvgIpc) is 3.74. The highest BCUT2D eigenvalue weighted by atomic mass is 31.3. The van der Waals surface area contributed by atoms with Gasteiger partial charge in [-0.1, -0.05) is 0 Å². The molecular weight excluding hydrogens is 769 g/mol. The van der Waals surface area contributed by atoms with Crippen molar-refractivity contribution in [2.45, 2.75) is 56.0 Å². The second-order valence-electron chi connectivity index (χ2n) is 11.4. The van der Waals surface area contributed by atoms with E-state index < -0.39 is 96.9 Å². The maximum Gasteiger partial charge on any atom is 0.490 e. The quantitative estimate of drug-likeness (QED) is 0.0646. The molecule has 2 fully saturated rings. The number of nitrogens with two attached hydrogens (primary N) is 2. The van der Waals surface area contributed by atoms with Crippen molar-refractivity contribution < 1.29 is 75.9 Å². The average molecular weight is 799 g/mol. The number of fused-ring (bicyclic) bond motifs is 2. The molecule has 0 bridgehead atoms. The van der Waals surface area contributed by atoms with Crippen LogP contribution in [-0.4, -0.2) is 116 Å². The fraction of sp³-hybridized carbons (Fsp3) is 0.478. The molecule has 0 aliphatic carbocycles. The van der Waals surface area contributed by atoms with Gasteiger partial charge in [-0.15, -0.1) is 9.88 Å². The molecule has 6 heterocycles. The number of anilines is 3. The number of rotatable bonds is 12. The van der Waals surface area contributed by atoms with Crippen LogP contribution in [-0.2, 0) is 40.8 Å².